The van der Waals surface area contributed by atoms with Crippen molar-refractivity contribution in [3.63, 3.8) is 0 Å². The third-order valence-electron chi connectivity index (χ3n) is 3.96. The summed E-state index contributed by atoms with van der Waals surface area (Å²) in [5.41, 5.74) is 1.48. The molecule has 0 spiro atoms. The van der Waals surface area contributed by atoms with Crippen LogP contribution in [-0.4, -0.2) is 23.5 Å². The highest BCUT2D eigenvalue weighted by atomic mass is 15.2. The molecule has 1 aromatic rings. The Morgan fingerprint density at radius 3 is 2.53 bits per heavy atom. The van der Waals surface area contributed by atoms with Crippen molar-refractivity contribution >= 4 is 0 Å². The minimum absolute atomic E-state index is 0.673. The monoisotopic (exact) mass is 231 g/mol. The first-order valence-corrected chi connectivity index (χ1v) is 6.96. The molecule has 0 aliphatic carbocycles. The van der Waals surface area contributed by atoms with E-state index in [1.165, 1.54) is 31.4 Å². The first-order chi connectivity index (χ1) is 8.16. The van der Waals surface area contributed by atoms with Crippen molar-refractivity contribution < 1.29 is 0 Å². The van der Waals surface area contributed by atoms with Crippen LogP contribution in [0, 0.1) is 5.92 Å². The number of hydrogen-bond donors (Lipinski definition) is 0. The van der Waals surface area contributed by atoms with Gasteiger partial charge in [-0.25, -0.2) is 0 Å². The van der Waals surface area contributed by atoms with Crippen LogP contribution in [0.3, 0.4) is 0 Å². The maximum atomic E-state index is 2.70. The smallest absolute Gasteiger partial charge is 0.0139 e. The second-order valence-corrected chi connectivity index (χ2v) is 5.82. The highest BCUT2D eigenvalue weighted by Crippen LogP contribution is 2.26. The van der Waals surface area contributed by atoms with E-state index in [0.29, 0.717) is 6.04 Å². The summed E-state index contributed by atoms with van der Waals surface area (Å²) in [6.45, 7) is 8.31. The molecule has 1 aliphatic rings. The Kier molecular flexibility index (Phi) is 4.22. The van der Waals surface area contributed by atoms with Crippen molar-refractivity contribution in [2.45, 2.75) is 52.1 Å². The van der Waals surface area contributed by atoms with Gasteiger partial charge in [-0.15, -0.1) is 0 Å². The summed E-state index contributed by atoms with van der Waals surface area (Å²) in [5, 5.41) is 0. The predicted molar refractivity (Wildman–Crippen MR) is 74.2 cm³/mol. The van der Waals surface area contributed by atoms with Crippen molar-refractivity contribution in [1.29, 1.82) is 0 Å². The van der Waals surface area contributed by atoms with Crippen molar-refractivity contribution in [2.24, 2.45) is 5.92 Å². The van der Waals surface area contributed by atoms with Crippen LogP contribution in [0.5, 0.6) is 0 Å². The molecule has 1 fully saturated rings. The zero-order chi connectivity index (χ0) is 12.3. The summed E-state index contributed by atoms with van der Waals surface area (Å²) in [6, 6.07) is 12.3. The van der Waals surface area contributed by atoms with Gasteiger partial charge in [0.25, 0.3) is 0 Å². The van der Waals surface area contributed by atoms with E-state index in [4.69, 9.17) is 0 Å². The molecular weight excluding hydrogens is 206 g/mol. The van der Waals surface area contributed by atoms with Crippen LogP contribution in [0.1, 0.15) is 39.2 Å². The molecule has 2 atom stereocenters. The van der Waals surface area contributed by atoms with E-state index in [1.807, 2.05) is 0 Å². The molecule has 1 aromatic carbocycles. The van der Waals surface area contributed by atoms with Gasteiger partial charge in [0.2, 0.25) is 0 Å². The Labute approximate surface area is 106 Å². The number of hydrogen-bond acceptors (Lipinski definition) is 1. The Balaban J connectivity index is 2.03. The molecule has 0 saturated carbocycles. The standard InChI is InChI=1S/C16H25N/c1-13(2)17-12-14(3)9-10-16(17)11-15-7-5-4-6-8-15/h4-8,13-14,16H,9-12H2,1-3H3. The van der Waals surface area contributed by atoms with E-state index < -0.39 is 0 Å². The number of rotatable bonds is 3. The van der Waals surface area contributed by atoms with Crippen molar-refractivity contribution in [2.75, 3.05) is 6.54 Å². The fourth-order valence-electron chi connectivity index (χ4n) is 2.98. The molecule has 0 N–H and O–H groups in total. The summed E-state index contributed by atoms with van der Waals surface area (Å²) in [5.74, 6) is 0.865. The van der Waals surface area contributed by atoms with Crippen LogP contribution < -0.4 is 0 Å². The molecule has 2 rings (SSSR count). The Morgan fingerprint density at radius 2 is 1.88 bits per heavy atom. The number of piperidine rings is 1. The largest absolute Gasteiger partial charge is 0.297 e. The number of benzene rings is 1. The molecule has 94 valence electrons. The normalized spacial score (nSPS) is 26.4. The van der Waals surface area contributed by atoms with E-state index in [9.17, 15) is 0 Å². The van der Waals surface area contributed by atoms with Gasteiger partial charge in [-0.3, -0.25) is 4.90 Å². The second kappa shape index (κ2) is 5.68. The molecule has 17 heavy (non-hydrogen) atoms. The third kappa shape index (κ3) is 3.32. The lowest BCUT2D eigenvalue weighted by molar-refractivity contribution is 0.0820. The lowest BCUT2D eigenvalue weighted by Gasteiger charge is -2.41. The van der Waals surface area contributed by atoms with Crippen LogP contribution in [0.15, 0.2) is 30.3 Å². The van der Waals surface area contributed by atoms with E-state index in [0.717, 1.165) is 12.0 Å². The zero-order valence-corrected chi connectivity index (χ0v) is 11.4. The second-order valence-electron chi connectivity index (χ2n) is 5.82. The molecule has 1 nitrogen and oxygen atoms in total. The summed E-state index contributed by atoms with van der Waals surface area (Å²) >= 11 is 0. The van der Waals surface area contributed by atoms with E-state index >= 15 is 0 Å². The minimum atomic E-state index is 0.673. The lowest BCUT2D eigenvalue weighted by atomic mass is 9.89. The number of nitrogens with zero attached hydrogens (tertiary/aromatic N) is 1. The first-order valence-electron chi connectivity index (χ1n) is 6.96. The minimum Gasteiger partial charge on any atom is -0.297 e. The SMILES string of the molecule is CC1CCC(Cc2ccccc2)N(C(C)C)C1. The van der Waals surface area contributed by atoms with Gasteiger partial charge in [-0.2, -0.15) is 0 Å². The van der Waals surface area contributed by atoms with E-state index in [-0.39, 0.29) is 0 Å². The van der Waals surface area contributed by atoms with Gasteiger partial charge in [0.1, 0.15) is 0 Å². The van der Waals surface area contributed by atoms with Crippen molar-refractivity contribution in [3.05, 3.63) is 35.9 Å². The van der Waals surface area contributed by atoms with Gasteiger partial charge in [-0.05, 0) is 44.6 Å². The summed E-state index contributed by atoms with van der Waals surface area (Å²) < 4.78 is 0. The summed E-state index contributed by atoms with van der Waals surface area (Å²) in [7, 11) is 0. The van der Waals surface area contributed by atoms with Gasteiger partial charge < -0.3 is 0 Å². The third-order valence-corrected chi connectivity index (χ3v) is 3.96. The van der Waals surface area contributed by atoms with E-state index in [2.05, 4.69) is 56.0 Å². The Morgan fingerprint density at radius 1 is 1.18 bits per heavy atom. The Hall–Kier alpha value is -0.820. The van der Waals surface area contributed by atoms with Gasteiger partial charge in [0, 0.05) is 18.6 Å². The zero-order valence-electron chi connectivity index (χ0n) is 11.4. The molecule has 1 saturated heterocycles. The van der Waals surface area contributed by atoms with Crippen LogP contribution in [0.4, 0.5) is 0 Å². The Bertz CT molecular complexity index is 331. The van der Waals surface area contributed by atoms with Crippen LogP contribution in [0.2, 0.25) is 0 Å². The van der Waals surface area contributed by atoms with Gasteiger partial charge in [0.15, 0.2) is 0 Å². The molecule has 0 amide bonds. The topological polar surface area (TPSA) is 3.24 Å². The summed E-state index contributed by atoms with van der Waals surface area (Å²) in [6.07, 6.45) is 3.96. The average molecular weight is 231 g/mol. The molecule has 1 heterocycles. The highest BCUT2D eigenvalue weighted by molar-refractivity contribution is 5.16. The molecular formula is C16H25N. The number of likely N-dealkylation sites (tertiary alicyclic amines) is 1. The van der Waals surface area contributed by atoms with Gasteiger partial charge in [0.05, 0.1) is 0 Å². The van der Waals surface area contributed by atoms with E-state index in [1.54, 1.807) is 0 Å². The van der Waals surface area contributed by atoms with Crippen LogP contribution in [0.25, 0.3) is 0 Å². The fourth-order valence-corrected chi connectivity index (χ4v) is 2.98. The maximum absolute atomic E-state index is 2.70. The fraction of sp³-hybridized carbons (Fsp3) is 0.625. The van der Waals surface area contributed by atoms with Crippen molar-refractivity contribution in [1.82, 2.24) is 4.90 Å². The van der Waals surface area contributed by atoms with Crippen LogP contribution in [-0.2, 0) is 6.42 Å². The highest BCUT2D eigenvalue weighted by Gasteiger charge is 2.27. The lowest BCUT2D eigenvalue weighted by Crippen LogP contribution is -2.47. The van der Waals surface area contributed by atoms with Gasteiger partial charge in [-0.1, -0.05) is 37.3 Å². The molecule has 1 aliphatic heterocycles. The average Bonchev–Trinajstić information content (AvgIpc) is 2.32. The summed E-state index contributed by atoms with van der Waals surface area (Å²) in [4.78, 5) is 2.70. The first kappa shape index (κ1) is 12.6. The molecule has 1 heteroatoms. The quantitative estimate of drug-likeness (QED) is 0.766. The van der Waals surface area contributed by atoms with Crippen molar-refractivity contribution in [3.8, 4) is 0 Å². The molecule has 0 aromatic heterocycles. The van der Waals surface area contributed by atoms with Gasteiger partial charge >= 0.3 is 0 Å². The predicted octanol–water partition coefficient (Wildman–Crippen LogP) is 3.74. The molecule has 2 unspecified atom stereocenters. The molecule has 0 radical (unpaired) electrons. The maximum Gasteiger partial charge on any atom is 0.0139 e. The molecule has 0 bridgehead atoms. The van der Waals surface area contributed by atoms with Crippen LogP contribution >= 0.6 is 0 Å².